The summed E-state index contributed by atoms with van der Waals surface area (Å²) in [4.78, 5) is 20.2. The number of carbonyl (C=O) groups excluding carboxylic acids is 1. The number of hydrogen-bond acceptors (Lipinski definition) is 5. The lowest BCUT2D eigenvalue weighted by Gasteiger charge is -2.32. The van der Waals surface area contributed by atoms with E-state index in [9.17, 15) is 18.0 Å². The molecule has 5 rings (SSSR count). The summed E-state index contributed by atoms with van der Waals surface area (Å²) < 4.78 is 40.7. The third-order valence-corrected chi connectivity index (χ3v) is 8.23. The van der Waals surface area contributed by atoms with Crippen molar-refractivity contribution in [2.75, 3.05) is 32.0 Å². The van der Waals surface area contributed by atoms with Gasteiger partial charge in [-0.3, -0.25) is 4.90 Å². The van der Waals surface area contributed by atoms with E-state index in [1.807, 2.05) is 12.1 Å². The van der Waals surface area contributed by atoms with Gasteiger partial charge in [-0.2, -0.15) is 13.2 Å². The maximum atomic E-state index is 13.7. The Morgan fingerprint density at radius 2 is 2.00 bits per heavy atom. The van der Waals surface area contributed by atoms with Gasteiger partial charge in [-0.25, -0.2) is 14.3 Å². The largest absolute Gasteiger partial charge is 0.416 e. The maximum Gasteiger partial charge on any atom is 0.416 e. The summed E-state index contributed by atoms with van der Waals surface area (Å²) in [5, 5.41) is 3.92. The van der Waals surface area contributed by atoms with Crippen LogP contribution in [0.4, 0.5) is 23.9 Å². The average Bonchev–Trinajstić information content (AvgIpc) is 3.48. The molecule has 1 aliphatic carbocycles. The summed E-state index contributed by atoms with van der Waals surface area (Å²) in [5.74, 6) is 0.621. The van der Waals surface area contributed by atoms with Gasteiger partial charge in [-0.15, -0.1) is 0 Å². The first-order valence-corrected chi connectivity index (χ1v) is 13.1. The minimum atomic E-state index is -4.49. The number of quaternary nitrogens is 1. The third-order valence-electron chi connectivity index (χ3n) is 7.25. The Balaban J connectivity index is 1.35. The average molecular weight is 516 g/mol. The molecule has 1 amide bonds. The molecule has 1 N–H and O–H groups in total. The highest BCUT2D eigenvalue weighted by Gasteiger charge is 2.40. The number of alkyl halides is 3. The van der Waals surface area contributed by atoms with Gasteiger partial charge < -0.3 is 5.32 Å². The first-order chi connectivity index (χ1) is 17.2. The Morgan fingerprint density at radius 3 is 2.72 bits per heavy atom. The standard InChI is InChI=1S/C27H30F3N4OS/c1-34(26-14-31-18-36-26,17-21-5-2-3-7-23(21)27(28,29)30)25(35)13-32-24-8-4-6-20-16-33(12-11-22(20)24)15-19-9-10-19/h2-8,14,18-19,32H,9-13,15-17H2,1H3/q+1. The molecule has 1 unspecified atom stereocenters. The molecule has 1 saturated carbocycles. The van der Waals surface area contributed by atoms with E-state index in [1.54, 1.807) is 24.8 Å². The third kappa shape index (κ3) is 5.33. The second kappa shape index (κ2) is 9.95. The number of amides is 1. The van der Waals surface area contributed by atoms with Crippen molar-refractivity contribution in [2.45, 2.75) is 38.5 Å². The van der Waals surface area contributed by atoms with Crippen LogP contribution in [-0.4, -0.2) is 42.5 Å². The van der Waals surface area contributed by atoms with Gasteiger partial charge in [0, 0.05) is 30.9 Å². The summed E-state index contributed by atoms with van der Waals surface area (Å²) in [7, 11) is 1.67. The summed E-state index contributed by atoms with van der Waals surface area (Å²) in [6, 6.07) is 11.6. The topological polar surface area (TPSA) is 45.2 Å². The zero-order valence-electron chi connectivity index (χ0n) is 20.2. The molecular formula is C27H30F3N4OS+. The van der Waals surface area contributed by atoms with Gasteiger partial charge in [0.15, 0.2) is 0 Å². The van der Waals surface area contributed by atoms with Crippen molar-refractivity contribution in [2.24, 2.45) is 5.92 Å². The van der Waals surface area contributed by atoms with Gasteiger partial charge in [-0.05, 0) is 48.4 Å². The van der Waals surface area contributed by atoms with Gasteiger partial charge in [0.25, 0.3) is 0 Å². The van der Waals surface area contributed by atoms with E-state index >= 15 is 0 Å². The Bertz CT molecular complexity index is 1230. The second-order valence-electron chi connectivity index (χ2n) is 9.96. The van der Waals surface area contributed by atoms with Crippen LogP contribution in [0, 0.1) is 5.92 Å². The van der Waals surface area contributed by atoms with Crippen LogP contribution in [-0.2, 0) is 30.5 Å². The van der Waals surface area contributed by atoms with Crippen molar-refractivity contribution in [1.82, 2.24) is 14.4 Å². The molecule has 1 fully saturated rings. The monoisotopic (exact) mass is 515 g/mol. The number of carbonyl (C=O) groups is 1. The lowest BCUT2D eigenvalue weighted by atomic mass is 9.97. The number of fused-ring (bicyclic) bond motifs is 1. The Labute approximate surface area is 213 Å². The van der Waals surface area contributed by atoms with Crippen LogP contribution >= 0.6 is 11.3 Å². The molecule has 0 bridgehead atoms. The number of anilines is 1. The van der Waals surface area contributed by atoms with E-state index < -0.39 is 11.7 Å². The van der Waals surface area contributed by atoms with Crippen molar-refractivity contribution in [1.29, 1.82) is 0 Å². The molecule has 0 saturated heterocycles. The van der Waals surface area contributed by atoms with Gasteiger partial charge in [0.1, 0.15) is 19.3 Å². The smallest absolute Gasteiger partial charge is 0.373 e. The minimum absolute atomic E-state index is 0.00479. The predicted octanol–water partition coefficient (Wildman–Crippen LogP) is 5.71. The number of nitrogens with one attached hydrogen (secondary N) is 1. The molecule has 0 spiro atoms. The van der Waals surface area contributed by atoms with Crippen molar-refractivity contribution in [3.63, 3.8) is 0 Å². The highest BCUT2D eigenvalue weighted by atomic mass is 32.1. The number of thiazole rings is 1. The van der Waals surface area contributed by atoms with Crippen LogP contribution < -0.4 is 9.80 Å². The van der Waals surface area contributed by atoms with Crippen LogP contribution in [0.15, 0.2) is 54.2 Å². The first kappa shape index (κ1) is 24.9. The Kier molecular flexibility index (Phi) is 6.89. The summed E-state index contributed by atoms with van der Waals surface area (Å²) in [5.41, 5.74) is 4.40. The molecule has 1 atom stereocenters. The molecule has 9 heteroatoms. The second-order valence-corrected chi connectivity index (χ2v) is 10.8. The van der Waals surface area contributed by atoms with E-state index in [0.717, 1.165) is 43.7 Å². The molecule has 2 aliphatic rings. The predicted molar refractivity (Wildman–Crippen MR) is 137 cm³/mol. The van der Waals surface area contributed by atoms with Crippen molar-refractivity contribution < 1.29 is 18.0 Å². The van der Waals surface area contributed by atoms with Crippen LogP contribution in [0.1, 0.15) is 35.1 Å². The molecule has 3 aromatic rings. The van der Waals surface area contributed by atoms with E-state index in [-0.39, 0.29) is 29.0 Å². The molecule has 36 heavy (non-hydrogen) atoms. The normalized spacial score (nSPS) is 17.9. The number of halogens is 3. The molecular weight excluding hydrogens is 485 g/mol. The van der Waals surface area contributed by atoms with Gasteiger partial charge in [0.2, 0.25) is 5.00 Å². The molecule has 2 aromatic carbocycles. The number of rotatable bonds is 8. The number of nitrogens with zero attached hydrogens (tertiary/aromatic N) is 3. The van der Waals surface area contributed by atoms with Crippen LogP contribution in [0.3, 0.4) is 0 Å². The summed E-state index contributed by atoms with van der Waals surface area (Å²) in [6.45, 7) is 2.96. The van der Waals surface area contributed by atoms with E-state index in [4.69, 9.17) is 0 Å². The number of hydrogen-bond donors (Lipinski definition) is 1. The van der Waals surface area contributed by atoms with E-state index in [2.05, 4.69) is 21.3 Å². The van der Waals surface area contributed by atoms with Gasteiger partial charge in [-0.1, -0.05) is 41.7 Å². The number of benzene rings is 2. The van der Waals surface area contributed by atoms with Crippen molar-refractivity contribution >= 4 is 27.9 Å². The van der Waals surface area contributed by atoms with Crippen molar-refractivity contribution in [3.8, 4) is 0 Å². The molecule has 2 heterocycles. The highest BCUT2D eigenvalue weighted by molar-refractivity contribution is 7.13. The van der Waals surface area contributed by atoms with Gasteiger partial charge >= 0.3 is 12.1 Å². The van der Waals surface area contributed by atoms with Crippen LogP contribution in [0.5, 0.6) is 0 Å². The summed E-state index contributed by atoms with van der Waals surface area (Å²) >= 11 is 1.27. The zero-order chi connectivity index (χ0) is 25.3. The lowest BCUT2D eigenvalue weighted by Crippen LogP contribution is -2.52. The number of likely N-dealkylation sites (N-methyl/N-ethyl adjacent to an activating group) is 1. The maximum absolute atomic E-state index is 13.7. The van der Waals surface area contributed by atoms with Crippen LogP contribution in [0.25, 0.3) is 0 Å². The van der Waals surface area contributed by atoms with Crippen LogP contribution in [0.2, 0.25) is 0 Å². The van der Waals surface area contributed by atoms with E-state index in [0.29, 0.717) is 5.00 Å². The highest BCUT2D eigenvalue weighted by Crippen LogP contribution is 2.36. The SMILES string of the molecule is C[N+](Cc1ccccc1C(F)(F)F)(C(=O)CNc1cccc2c1CCN(CC1CC1)C2)c1cncs1. The molecule has 1 aliphatic heterocycles. The summed E-state index contributed by atoms with van der Waals surface area (Å²) in [6.07, 6.45) is 0.651. The quantitative estimate of drug-likeness (QED) is 0.391. The van der Waals surface area contributed by atoms with Crippen molar-refractivity contribution in [3.05, 3.63) is 76.4 Å². The lowest BCUT2D eigenvalue weighted by molar-refractivity contribution is -0.139. The fraction of sp³-hybridized carbons (Fsp3) is 0.407. The number of aromatic nitrogens is 1. The minimum Gasteiger partial charge on any atom is -0.373 e. The fourth-order valence-electron chi connectivity index (χ4n) is 5.02. The van der Waals surface area contributed by atoms with E-state index in [1.165, 1.54) is 47.4 Å². The fourth-order valence-corrected chi connectivity index (χ4v) is 5.77. The zero-order valence-corrected chi connectivity index (χ0v) is 21.0. The first-order valence-electron chi connectivity index (χ1n) is 12.2. The van der Waals surface area contributed by atoms with Gasteiger partial charge in [0.05, 0.1) is 18.1 Å². The molecule has 1 aromatic heterocycles. The Morgan fingerprint density at radius 1 is 1.19 bits per heavy atom. The Hall–Kier alpha value is -2.75. The molecule has 5 nitrogen and oxygen atoms in total. The molecule has 0 radical (unpaired) electrons. The molecule has 190 valence electrons.